The molecule has 1 aromatic heterocycles. The summed E-state index contributed by atoms with van der Waals surface area (Å²) in [5.41, 5.74) is 3.50. The summed E-state index contributed by atoms with van der Waals surface area (Å²) in [7, 11) is 0. The Morgan fingerprint density at radius 2 is 2.24 bits per heavy atom. The number of aromatic nitrogens is 1. The van der Waals surface area contributed by atoms with Gasteiger partial charge in [0, 0.05) is 33.5 Å². The first-order chi connectivity index (χ1) is 10.2. The Kier molecular flexibility index (Phi) is 4.64. The second-order valence-corrected chi connectivity index (χ2v) is 6.84. The summed E-state index contributed by atoms with van der Waals surface area (Å²) in [6, 6.07) is 9.25. The van der Waals surface area contributed by atoms with E-state index in [-0.39, 0.29) is 0 Å². The second kappa shape index (κ2) is 6.48. The zero-order chi connectivity index (χ0) is 14.8. The number of rotatable bonds is 4. The standard InChI is InChI=1S/C17H21IN2O/c1-3-21-11-14-5-4-8-20(14)17-9-12(2)19-16-10-13(18)6-7-15(16)17/h6-7,9-10,14H,3-5,8,11H2,1-2H3. The van der Waals surface area contributed by atoms with Gasteiger partial charge in [-0.2, -0.15) is 0 Å². The van der Waals surface area contributed by atoms with Crippen LogP contribution in [0.5, 0.6) is 0 Å². The maximum Gasteiger partial charge on any atom is 0.0736 e. The average molecular weight is 396 g/mol. The van der Waals surface area contributed by atoms with Gasteiger partial charge in [-0.25, -0.2) is 0 Å². The van der Waals surface area contributed by atoms with Gasteiger partial charge >= 0.3 is 0 Å². The molecule has 1 aliphatic rings. The van der Waals surface area contributed by atoms with Crippen molar-refractivity contribution in [3.05, 3.63) is 33.5 Å². The minimum atomic E-state index is 0.495. The van der Waals surface area contributed by atoms with Gasteiger partial charge in [-0.3, -0.25) is 4.98 Å². The minimum absolute atomic E-state index is 0.495. The highest BCUT2D eigenvalue weighted by Gasteiger charge is 2.26. The molecule has 1 aliphatic heterocycles. The van der Waals surface area contributed by atoms with Gasteiger partial charge < -0.3 is 9.64 Å². The van der Waals surface area contributed by atoms with E-state index in [1.807, 2.05) is 0 Å². The summed E-state index contributed by atoms with van der Waals surface area (Å²) >= 11 is 2.35. The first-order valence-corrected chi connectivity index (χ1v) is 8.68. The number of pyridine rings is 1. The Hall–Kier alpha value is -0.880. The van der Waals surface area contributed by atoms with Crippen molar-refractivity contribution >= 4 is 39.2 Å². The maximum atomic E-state index is 5.67. The third-order valence-corrected chi connectivity index (χ3v) is 4.75. The Bertz CT molecular complexity index is 639. The number of fused-ring (bicyclic) bond motifs is 1. The van der Waals surface area contributed by atoms with E-state index in [1.54, 1.807) is 0 Å². The molecule has 1 atom stereocenters. The molecule has 0 aliphatic carbocycles. The molecule has 0 bridgehead atoms. The number of benzene rings is 1. The van der Waals surface area contributed by atoms with E-state index in [0.29, 0.717) is 6.04 Å². The van der Waals surface area contributed by atoms with Crippen LogP contribution in [0.4, 0.5) is 5.69 Å². The minimum Gasteiger partial charge on any atom is -0.380 e. The number of aryl methyl sites for hydroxylation is 1. The summed E-state index contributed by atoms with van der Waals surface area (Å²) in [5, 5.41) is 1.25. The van der Waals surface area contributed by atoms with Crippen molar-refractivity contribution in [1.29, 1.82) is 0 Å². The van der Waals surface area contributed by atoms with Gasteiger partial charge in [0.1, 0.15) is 0 Å². The van der Waals surface area contributed by atoms with Crippen molar-refractivity contribution in [2.75, 3.05) is 24.7 Å². The second-order valence-electron chi connectivity index (χ2n) is 5.59. The molecule has 0 spiro atoms. The largest absolute Gasteiger partial charge is 0.380 e. The molecule has 4 heteroatoms. The zero-order valence-corrected chi connectivity index (χ0v) is 14.8. The highest BCUT2D eigenvalue weighted by atomic mass is 127. The van der Waals surface area contributed by atoms with Gasteiger partial charge in [-0.1, -0.05) is 0 Å². The molecule has 3 nitrogen and oxygen atoms in total. The van der Waals surface area contributed by atoms with Crippen LogP contribution < -0.4 is 4.90 Å². The Balaban J connectivity index is 2.02. The van der Waals surface area contributed by atoms with Crippen LogP contribution in [0.2, 0.25) is 0 Å². The fraction of sp³-hybridized carbons (Fsp3) is 0.471. The summed E-state index contributed by atoms with van der Waals surface area (Å²) < 4.78 is 6.90. The highest BCUT2D eigenvalue weighted by molar-refractivity contribution is 14.1. The Labute approximate surface area is 139 Å². The fourth-order valence-corrected chi connectivity index (χ4v) is 3.60. The summed E-state index contributed by atoms with van der Waals surface area (Å²) in [5.74, 6) is 0. The molecular weight excluding hydrogens is 375 g/mol. The van der Waals surface area contributed by atoms with Crippen LogP contribution in [0, 0.1) is 10.5 Å². The molecule has 2 aromatic rings. The van der Waals surface area contributed by atoms with Crippen molar-refractivity contribution in [2.24, 2.45) is 0 Å². The highest BCUT2D eigenvalue weighted by Crippen LogP contribution is 2.33. The van der Waals surface area contributed by atoms with Crippen LogP contribution in [0.3, 0.4) is 0 Å². The van der Waals surface area contributed by atoms with E-state index >= 15 is 0 Å². The first-order valence-electron chi connectivity index (χ1n) is 7.60. The summed E-state index contributed by atoms with van der Waals surface area (Å²) in [4.78, 5) is 7.21. The van der Waals surface area contributed by atoms with Gasteiger partial charge in [-0.05, 0) is 73.5 Å². The van der Waals surface area contributed by atoms with E-state index in [2.05, 4.69) is 65.6 Å². The number of nitrogens with zero attached hydrogens (tertiary/aromatic N) is 2. The smallest absolute Gasteiger partial charge is 0.0736 e. The van der Waals surface area contributed by atoms with Gasteiger partial charge in [0.2, 0.25) is 0 Å². The number of halogens is 1. The first kappa shape index (κ1) is 15.0. The molecule has 1 fully saturated rings. The van der Waals surface area contributed by atoms with E-state index in [0.717, 1.165) is 31.0 Å². The predicted molar refractivity (Wildman–Crippen MR) is 96.1 cm³/mol. The number of anilines is 1. The molecule has 3 rings (SSSR count). The van der Waals surface area contributed by atoms with Crippen LogP contribution in [0.25, 0.3) is 10.9 Å². The molecular formula is C17H21IN2O. The van der Waals surface area contributed by atoms with Crippen LogP contribution in [-0.2, 0) is 4.74 Å². The summed E-state index contributed by atoms with van der Waals surface area (Å²) in [6.45, 7) is 6.87. The van der Waals surface area contributed by atoms with Crippen molar-refractivity contribution in [3.8, 4) is 0 Å². The predicted octanol–water partition coefficient (Wildman–Crippen LogP) is 4.15. The zero-order valence-electron chi connectivity index (χ0n) is 12.6. The number of hydrogen-bond donors (Lipinski definition) is 0. The van der Waals surface area contributed by atoms with E-state index in [4.69, 9.17) is 9.72 Å². The average Bonchev–Trinajstić information content (AvgIpc) is 2.91. The van der Waals surface area contributed by atoms with E-state index in [1.165, 1.54) is 27.5 Å². The fourth-order valence-electron chi connectivity index (χ4n) is 3.13. The number of ether oxygens (including phenoxy) is 1. The van der Waals surface area contributed by atoms with Crippen molar-refractivity contribution in [1.82, 2.24) is 4.98 Å². The normalized spacial score (nSPS) is 18.6. The Morgan fingerprint density at radius 1 is 1.38 bits per heavy atom. The molecule has 1 saturated heterocycles. The van der Waals surface area contributed by atoms with Crippen LogP contribution in [-0.4, -0.2) is 30.8 Å². The molecule has 0 saturated carbocycles. The van der Waals surface area contributed by atoms with Crippen LogP contribution in [0.1, 0.15) is 25.5 Å². The summed E-state index contributed by atoms with van der Waals surface area (Å²) in [6.07, 6.45) is 2.46. The molecule has 1 unspecified atom stereocenters. The van der Waals surface area contributed by atoms with Gasteiger partial charge in [-0.15, -0.1) is 0 Å². The van der Waals surface area contributed by atoms with Crippen LogP contribution in [0.15, 0.2) is 24.3 Å². The van der Waals surface area contributed by atoms with Crippen molar-refractivity contribution < 1.29 is 4.74 Å². The molecule has 21 heavy (non-hydrogen) atoms. The van der Waals surface area contributed by atoms with Crippen molar-refractivity contribution in [3.63, 3.8) is 0 Å². The molecule has 2 heterocycles. The van der Waals surface area contributed by atoms with Crippen molar-refractivity contribution in [2.45, 2.75) is 32.7 Å². The molecule has 0 radical (unpaired) electrons. The lowest BCUT2D eigenvalue weighted by atomic mass is 10.1. The topological polar surface area (TPSA) is 25.4 Å². The molecule has 0 N–H and O–H groups in total. The lowest BCUT2D eigenvalue weighted by Crippen LogP contribution is -2.33. The van der Waals surface area contributed by atoms with E-state index < -0.39 is 0 Å². The Morgan fingerprint density at radius 3 is 3.05 bits per heavy atom. The third-order valence-electron chi connectivity index (χ3n) is 4.08. The maximum absolute atomic E-state index is 5.67. The number of hydrogen-bond acceptors (Lipinski definition) is 3. The molecule has 0 amide bonds. The lowest BCUT2D eigenvalue weighted by molar-refractivity contribution is 0.134. The monoisotopic (exact) mass is 396 g/mol. The van der Waals surface area contributed by atoms with Crippen LogP contribution >= 0.6 is 22.6 Å². The molecule has 112 valence electrons. The van der Waals surface area contributed by atoms with Gasteiger partial charge in [0.05, 0.1) is 18.2 Å². The SMILES string of the molecule is CCOCC1CCCN1c1cc(C)nc2cc(I)ccc12. The lowest BCUT2D eigenvalue weighted by Gasteiger charge is -2.28. The molecule has 1 aromatic carbocycles. The van der Waals surface area contributed by atoms with Gasteiger partial charge in [0.15, 0.2) is 0 Å². The quantitative estimate of drug-likeness (QED) is 0.726. The van der Waals surface area contributed by atoms with E-state index in [9.17, 15) is 0 Å². The third kappa shape index (κ3) is 3.16. The van der Waals surface area contributed by atoms with Gasteiger partial charge in [0.25, 0.3) is 0 Å².